The summed E-state index contributed by atoms with van der Waals surface area (Å²) < 4.78 is 69.2. The fourth-order valence-corrected chi connectivity index (χ4v) is 0. The van der Waals surface area contributed by atoms with Crippen LogP contribution in [0.15, 0.2) is 0 Å². The van der Waals surface area contributed by atoms with E-state index in [0.29, 0.717) is 0 Å². The predicted octanol–water partition coefficient (Wildman–Crippen LogP) is -2.73. The second-order valence-electron chi connectivity index (χ2n) is 3.50. The number of hydrogen-bond acceptors (Lipinski definition) is 8. The van der Waals surface area contributed by atoms with Crippen LogP contribution < -0.4 is 0 Å². The minimum absolute atomic E-state index is 0. The van der Waals surface area contributed by atoms with Gasteiger partial charge in [0.25, 0.3) is 0 Å². The molecule has 16 heavy (non-hydrogen) atoms. The average Bonchev–Trinajstić information content (AvgIpc) is 1.41. The molecule has 0 aromatic carbocycles. The third-order valence-corrected chi connectivity index (χ3v) is 0. The Kier molecular flexibility index (Phi) is 14.6. The summed E-state index contributed by atoms with van der Waals surface area (Å²) in [6, 6.07) is 0. The van der Waals surface area contributed by atoms with Gasteiger partial charge in [0.2, 0.25) is 0 Å². The topological polar surface area (TPSA) is 161 Å². The summed E-state index contributed by atoms with van der Waals surface area (Å²) in [5.74, 6) is 0. The molecule has 0 aliphatic carbocycles. The van der Waals surface area contributed by atoms with Crippen LogP contribution >= 0.6 is 0 Å². The molecule has 0 fully saturated rings. The first kappa shape index (κ1) is 25.2. The summed E-state index contributed by atoms with van der Waals surface area (Å²) in [6.07, 6.45) is 0. The van der Waals surface area contributed by atoms with E-state index in [0.717, 1.165) is 4.48 Å². The van der Waals surface area contributed by atoms with E-state index in [1.165, 1.54) is 0 Å². The zero-order valence-corrected chi connectivity index (χ0v) is 11.9. The molecular formula is C4H12AlNO8S2. The fraction of sp³-hybridized carbons (Fsp3) is 1.00. The van der Waals surface area contributed by atoms with Crippen molar-refractivity contribution in [3.8, 4) is 0 Å². The molecule has 0 aromatic heterocycles. The molecule has 0 unspecified atom stereocenters. The van der Waals surface area contributed by atoms with E-state index in [2.05, 4.69) is 28.2 Å². The minimum atomic E-state index is -5.17. The smallest absolute Gasteiger partial charge is 0.759 e. The normalized spacial score (nSPS) is 11.0. The van der Waals surface area contributed by atoms with Crippen molar-refractivity contribution in [2.24, 2.45) is 0 Å². The van der Waals surface area contributed by atoms with Gasteiger partial charge in [0.05, 0.1) is 28.2 Å². The van der Waals surface area contributed by atoms with E-state index in [-0.39, 0.29) is 17.4 Å². The van der Waals surface area contributed by atoms with Crippen LogP contribution in [0.4, 0.5) is 0 Å². The maximum absolute atomic E-state index is 8.52. The quantitative estimate of drug-likeness (QED) is 0.201. The molecule has 96 valence electrons. The molecule has 0 saturated heterocycles. The molecule has 0 saturated carbocycles. The Bertz CT molecular complexity index is 289. The summed E-state index contributed by atoms with van der Waals surface area (Å²) >= 11 is 0. The van der Waals surface area contributed by atoms with Crippen LogP contribution in [-0.4, -0.2) is 85.1 Å². The van der Waals surface area contributed by atoms with Crippen LogP contribution in [0.2, 0.25) is 0 Å². The summed E-state index contributed by atoms with van der Waals surface area (Å²) in [5.41, 5.74) is 0. The van der Waals surface area contributed by atoms with Crippen LogP contribution in [0.1, 0.15) is 0 Å². The molecule has 0 radical (unpaired) electrons. The maximum atomic E-state index is 8.52. The molecule has 0 N–H and O–H groups in total. The Morgan fingerprint density at radius 2 is 0.688 bits per heavy atom. The zero-order valence-electron chi connectivity index (χ0n) is 9.11. The van der Waals surface area contributed by atoms with Gasteiger partial charge in [-0.05, 0) is 0 Å². The van der Waals surface area contributed by atoms with Crippen LogP contribution in [0.5, 0.6) is 0 Å². The van der Waals surface area contributed by atoms with Crippen molar-refractivity contribution in [2.45, 2.75) is 0 Å². The van der Waals surface area contributed by atoms with Gasteiger partial charge in [-0.15, -0.1) is 0 Å². The molecule has 12 heteroatoms. The molecular weight excluding hydrogens is 281 g/mol. The van der Waals surface area contributed by atoms with Crippen LogP contribution in [0, 0.1) is 0 Å². The largest absolute Gasteiger partial charge is 3.00 e. The average molecular weight is 293 g/mol. The third kappa shape index (κ3) is 46100. The molecule has 0 spiro atoms. The molecule has 0 rings (SSSR count). The zero-order chi connectivity index (χ0) is 13.5. The summed E-state index contributed by atoms with van der Waals surface area (Å²) in [7, 11) is -1.83. The van der Waals surface area contributed by atoms with E-state index in [1.807, 2.05) is 0 Å². The Balaban J connectivity index is -0.0000000655. The van der Waals surface area contributed by atoms with Crippen molar-refractivity contribution in [3.63, 3.8) is 0 Å². The van der Waals surface area contributed by atoms with Gasteiger partial charge >= 0.3 is 17.4 Å². The van der Waals surface area contributed by atoms with Gasteiger partial charge in [-0.3, -0.25) is 16.8 Å². The van der Waals surface area contributed by atoms with E-state index < -0.39 is 20.8 Å². The monoisotopic (exact) mass is 293 g/mol. The Labute approximate surface area is 106 Å². The number of hydrogen-bond donors (Lipinski definition) is 0. The molecule has 0 aliphatic rings. The van der Waals surface area contributed by atoms with Crippen molar-refractivity contribution in [1.29, 1.82) is 0 Å². The number of quaternary nitrogens is 1. The van der Waals surface area contributed by atoms with Gasteiger partial charge in [0, 0.05) is 20.8 Å². The molecule has 0 amide bonds. The van der Waals surface area contributed by atoms with Crippen molar-refractivity contribution < 1.29 is 39.5 Å². The first-order valence-electron chi connectivity index (χ1n) is 3.12. The molecule has 0 aromatic rings. The van der Waals surface area contributed by atoms with E-state index in [4.69, 9.17) is 35.0 Å². The number of nitrogens with zero attached hydrogens (tertiary/aromatic N) is 1. The fourth-order valence-electron chi connectivity index (χ4n) is 0. The molecule has 0 heterocycles. The second-order valence-corrected chi connectivity index (χ2v) is 5.13. The van der Waals surface area contributed by atoms with Gasteiger partial charge in [-0.1, -0.05) is 0 Å². The van der Waals surface area contributed by atoms with Crippen molar-refractivity contribution in [2.75, 3.05) is 28.2 Å². The molecule has 0 bridgehead atoms. The first-order chi connectivity index (χ1) is 6.00. The van der Waals surface area contributed by atoms with Gasteiger partial charge in [-0.2, -0.15) is 0 Å². The Morgan fingerprint density at radius 3 is 0.688 bits per heavy atom. The SMILES string of the molecule is C[N+](C)(C)C.O=S(=O)([O-])[O-].O=S(=O)([O-])[O-].[Al+3]. The van der Waals surface area contributed by atoms with Crippen molar-refractivity contribution in [1.82, 2.24) is 0 Å². The molecule has 0 atom stereocenters. The predicted molar refractivity (Wildman–Crippen MR) is 50.7 cm³/mol. The van der Waals surface area contributed by atoms with E-state index in [9.17, 15) is 0 Å². The standard InChI is InChI=1S/C4H12N.Al.2H2O4S/c1-5(2,3)4;;2*1-5(2,3)4/h1-4H3;;2*(H2,1,2,3,4)/q+1;+3;;/p-4. The van der Waals surface area contributed by atoms with Gasteiger partial charge in [0.1, 0.15) is 0 Å². The van der Waals surface area contributed by atoms with Crippen LogP contribution in [0.25, 0.3) is 0 Å². The van der Waals surface area contributed by atoms with E-state index in [1.54, 1.807) is 0 Å². The second kappa shape index (κ2) is 9.28. The van der Waals surface area contributed by atoms with E-state index >= 15 is 0 Å². The Morgan fingerprint density at radius 1 is 0.688 bits per heavy atom. The van der Waals surface area contributed by atoms with Gasteiger partial charge in [0.15, 0.2) is 0 Å². The first-order valence-corrected chi connectivity index (χ1v) is 5.79. The third-order valence-electron chi connectivity index (χ3n) is 0. The van der Waals surface area contributed by atoms with Crippen LogP contribution in [0.3, 0.4) is 0 Å². The summed E-state index contributed by atoms with van der Waals surface area (Å²) in [4.78, 5) is 0. The minimum Gasteiger partial charge on any atom is -0.759 e. The summed E-state index contributed by atoms with van der Waals surface area (Å²) in [5, 5.41) is 0. The molecule has 9 nitrogen and oxygen atoms in total. The Hall–Kier alpha value is 0.232. The van der Waals surface area contributed by atoms with Gasteiger partial charge in [-0.25, -0.2) is 0 Å². The molecule has 0 aliphatic heterocycles. The summed E-state index contributed by atoms with van der Waals surface area (Å²) in [6.45, 7) is 0. The number of rotatable bonds is 0. The maximum Gasteiger partial charge on any atom is 3.00 e. The van der Waals surface area contributed by atoms with Crippen LogP contribution in [-0.2, 0) is 20.8 Å². The van der Waals surface area contributed by atoms with Gasteiger partial charge < -0.3 is 22.7 Å². The van der Waals surface area contributed by atoms with Crippen molar-refractivity contribution >= 4 is 38.2 Å². The van der Waals surface area contributed by atoms with Crippen molar-refractivity contribution in [3.05, 3.63) is 0 Å².